The summed E-state index contributed by atoms with van der Waals surface area (Å²) in [4.78, 5) is 5.39. The van der Waals surface area contributed by atoms with Crippen LogP contribution in [0, 0.1) is 11.8 Å². The Morgan fingerprint density at radius 1 is 1.12 bits per heavy atom. The number of hydrogen-bond donors (Lipinski definition) is 0. The number of ether oxygens (including phenoxy) is 2. The number of piperidine rings is 1. The maximum Gasteiger partial charge on any atom is 0.165 e. The van der Waals surface area contributed by atoms with Gasteiger partial charge >= 0.3 is 0 Å². The van der Waals surface area contributed by atoms with Crippen molar-refractivity contribution in [2.24, 2.45) is 22.0 Å². The van der Waals surface area contributed by atoms with Gasteiger partial charge < -0.3 is 14.4 Å². The molecule has 0 radical (unpaired) electrons. The second kappa shape index (κ2) is 7.64. The van der Waals surface area contributed by atoms with Crippen molar-refractivity contribution in [1.82, 2.24) is 9.80 Å². The number of nitrogens with zero attached hydrogens (tertiary/aromatic N) is 4. The number of fused-ring (bicyclic) bond motifs is 2. The van der Waals surface area contributed by atoms with Gasteiger partial charge in [-0.05, 0) is 88.8 Å². The van der Waals surface area contributed by atoms with Crippen molar-refractivity contribution in [2.45, 2.75) is 55.2 Å². The summed E-state index contributed by atoms with van der Waals surface area (Å²) in [6.07, 6.45) is 10.3. The molecule has 8 heteroatoms. The quantitative estimate of drug-likeness (QED) is 0.617. The Hall–Kier alpha value is -1.22. The highest BCUT2D eigenvalue weighted by Crippen LogP contribution is 2.68. The van der Waals surface area contributed by atoms with Crippen LogP contribution >= 0.6 is 23.5 Å². The van der Waals surface area contributed by atoms with Crippen LogP contribution in [0.4, 0.5) is 0 Å². The molecule has 2 saturated heterocycles. The summed E-state index contributed by atoms with van der Waals surface area (Å²) in [5.41, 5.74) is 2.69. The zero-order chi connectivity index (χ0) is 23.2. The lowest BCUT2D eigenvalue weighted by atomic mass is 9.46. The molecule has 1 spiro atoms. The second-order valence-corrected chi connectivity index (χ2v) is 12.5. The highest BCUT2D eigenvalue weighted by molar-refractivity contribution is 8.14. The predicted octanol–water partition coefficient (Wildman–Crippen LogP) is 3.88. The molecular formula is C26H34N4O2S2. The van der Waals surface area contributed by atoms with Crippen molar-refractivity contribution < 1.29 is 9.47 Å². The average molecular weight is 499 g/mol. The number of benzene rings is 1. The van der Waals surface area contributed by atoms with Gasteiger partial charge in [0.15, 0.2) is 11.5 Å². The number of methoxy groups -OCH3 is 1. The first-order chi connectivity index (χ1) is 16.6. The zero-order valence-corrected chi connectivity index (χ0v) is 22.2. The van der Waals surface area contributed by atoms with Crippen molar-refractivity contribution in [2.75, 3.05) is 46.3 Å². The summed E-state index contributed by atoms with van der Waals surface area (Å²) >= 11 is 3.58. The van der Waals surface area contributed by atoms with Crippen LogP contribution in [-0.2, 0) is 11.8 Å². The molecule has 7 rings (SSSR count). The summed E-state index contributed by atoms with van der Waals surface area (Å²) in [5.74, 6) is 2.78. The first kappa shape index (κ1) is 22.0. The Labute approximate surface area is 210 Å². The molecule has 34 heavy (non-hydrogen) atoms. The van der Waals surface area contributed by atoms with Crippen LogP contribution < -0.4 is 9.47 Å². The maximum atomic E-state index is 7.30. The molecule has 6 nitrogen and oxygen atoms in total. The molecule has 1 aromatic carbocycles. The standard InChI is InChI=1S/C26H34N4O2S2/c1-29-12-9-25-16-14-17-22(33-3)27-28-24(34-4)26(17,30-10-5-6-11-30)23(25)32-21-19(31-2)8-7-15(20(21)25)13-18(16)29/h7-8,16-18,23H,5-6,9-14H2,1-4H3/t16-,17-,18-,23+,25-,26-/m0/s1. The largest absolute Gasteiger partial charge is 0.493 e. The molecule has 1 saturated carbocycles. The molecular weight excluding hydrogens is 464 g/mol. The van der Waals surface area contributed by atoms with Crippen molar-refractivity contribution in [3.8, 4) is 11.5 Å². The highest BCUT2D eigenvalue weighted by atomic mass is 32.2. The average Bonchev–Trinajstić information content (AvgIpc) is 3.52. The third-order valence-corrected chi connectivity index (χ3v) is 11.5. The van der Waals surface area contributed by atoms with Crippen molar-refractivity contribution in [3.05, 3.63) is 23.3 Å². The minimum atomic E-state index is -0.258. The molecule has 0 amide bonds. The van der Waals surface area contributed by atoms with Gasteiger partial charge in [0.2, 0.25) is 0 Å². The Morgan fingerprint density at radius 2 is 1.94 bits per heavy atom. The first-order valence-electron chi connectivity index (χ1n) is 12.7. The monoisotopic (exact) mass is 498 g/mol. The van der Waals surface area contributed by atoms with E-state index in [-0.39, 0.29) is 17.1 Å². The Kier molecular flexibility index (Phi) is 4.95. The fraction of sp³-hybridized carbons (Fsp3) is 0.692. The summed E-state index contributed by atoms with van der Waals surface area (Å²) in [6.45, 7) is 3.34. The lowest BCUT2D eigenvalue weighted by Gasteiger charge is -2.66. The molecule has 0 unspecified atom stereocenters. The topological polar surface area (TPSA) is 49.7 Å². The Bertz CT molecular complexity index is 1100. The number of likely N-dealkylation sites (N-methyl/N-ethyl adjacent to an activating group) is 1. The van der Waals surface area contributed by atoms with E-state index in [0.29, 0.717) is 17.9 Å². The summed E-state index contributed by atoms with van der Waals surface area (Å²) in [5, 5.41) is 12.1. The van der Waals surface area contributed by atoms with Crippen LogP contribution in [0.2, 0.25) is 0 Å². The Morgan fingerprint density at radius 3 is 2.68 bits per heavy atom. The lowest BCUT2D eigenvalue weighted by Crippen LogP contribution is -2.79. The third kappa shape index (κ3) is 2.44. The normalized spacial score (nSPS) is 40.2. The van der Waals surface area contributed by atoms with Crippen molar-refractivity contribution >= 4 is 33.6 Å². The van der Waals surface area contributed by atoms with E-state index in [9.17, 15) is 0 Å². The fourth-order valence-corrected chi connectivity index (χ4v) is 10.2. The number of hydrogen-bond acceptors (Lipinski definition) is 8. The van der Waals surface area contributed by atoms with Gasteiger partial charge in [-0.3, -0.25) is 4.90 Å². The van der Waals surface area contributed by atoms with Crippen molar-refractivity contribution in [3.63, 3.8) is 0 Å². The zero-order valence-electron chi connectivity index (χ0n) is 20.5. The van der Waals surface area contributed by atoms with Gasteiger partial charge in [-0.1, -0.05) is 6.07 Å². The highest BCUT2D eigenvalue weighted by Gasteiger charge is 2.75. The molecule has 3 fully saturated rings. The van der Waals surface area contributed by atoms with Crippen LogP contribution in [0.15, 0.2) is 22.3 Å². The van der Waals surface area contributed by atoms with Crippen LogP contribution in [-0.4, -0.2) is 83.9 Å². The van der Waals surface area contributed by atoms with Crippen LogP contribution in [0.3, 0.4) is 0 Å². The molecule has 4 aliphatic heterocycles. The van der Waals surface area contributed by atoms with E-state index in [4.69, 9.17) is 19.7 Å². The van der Waals surface area contributed by atoms with Crippen LogP contribution in [0.5, 0.6) is 11.5 Å². The van der Waals surface area contributed by atoms with E-state index in [1.54, 1.807) is 30.6 Å². The van der Waals surface area contributed by atoms with E-state index >= 15 is 0 Å². The van der Waals surface area contributed by atoms with E-state index in [1.807, 2.05) is 0 Å². The second-order valence-electron chi connectivity index (χ2n) is 10.8. The molecule has 1 aromatic rings. The molecule has 2 aliphatic carbocycles. The van der Waals surface area contributed by atoms with E-state index < -0.39 is 0 Å². The van der Waals surface area contributed by atoms with E-state index in [2.05, 4.69) is 41.5 Å². The van der Waals surface area contributed by atoms with Gasteiger partial charge in [0, 0.05) is 22.9 Å². The number of rotatable bonds is 2. The molecule has 0 N–H and O–H groups in total. The fourth-order valence-electron chi connectivity index (χ4n) is 8.70. The number of thioether (sulfide) groups is 2. The predicted molar refractivity (Wildman–Crippen MR) is 141 cm³/mol. The molecule has 182 valence electrons. The Balaban J connectivity index is 1.53. The first-order valence-corrected chi connectivity index (χ1v) is 15.1. The van der Waals surface area contributed by atoms with Gasteiger partial charge in [0.05, 0.1) is 7.11 Å². The minimum Gasteiger partial charge on any atom is -0.493 e. The molecule has 6 aliphatic rings. The van der Waals surface area contributed by atoms with Gasteiger partial charge in [0.1, 0.15) is 21.7 Å². The summed E-state index contributed by atoms with van der Waals surface area (Å²) in [6, 6.07) is 5.00. The maximum absolute atomic E-state index is 7.30. The van der Waals surface area contributed by atoms with Gasteiger partial charge in [-0.15, -0.1) is 33.7 Å². The van der Waals surface area contributed by atoms with Crippen LogP contribution in [0.1, 0.15) is 36.8 Å². The molecule has 0 aromatic heterocycles. The van der Waals surface area contributed by atoms with Gasteiger partial charge in [-0.2, -0.15) is 0 Å². The van der Waals surface area contributed by atoms with Gasteiger partial charge in [0.25, 0.3) is 0 Å². The van der Waals surface area contributed by atoms with E-state index in [0.717, 1.165) is 55.4 Å². The molecule has 2 bridgehead atoms. The molecule has 4 heterocycles. The third-order valence-electron chi connectivity index (χ3n) is 9.93. The number of likely N-dealkylation sites (tertiary alicyclic amines) is 2. The lowest BCUT2D eigenvalue weighted by molar-refractivity contribution is -0.112. The minimum absolute atomic E-state index is 0.00504. The summed E-state index contributed by atoms with van der Waals surface area (Å²) < 4.78 is 13.2. The van der Waals surface area contributed by atoms with Crippen LogP contribution in [0.25, 0.3) is 0 Å². The smallest absolute Gasteiger partial charge is 0.165 e. The van der Waals surface area contributed by atoms with Gasteiger partial charge in [-0.25, -0.2) is 0 Å². The SMILES string of the molecule is COc1ccc2c3c1O[C@@H]1[C@]34CCN(C)[C@@H](C2)[C@@H]4C[C@H]2C(SC)=NN=C(SC)[C@@]12N1CCCC1. The summed E-state index contributed by atoms with van der Waals surface area (Å²) in [7, 11) is 4.12. The molecule has 6 atom stereocenters. The van der Waals surface area contributed by atoms with Crippen molar-refractivity contribution in [1.29, 1.82) is 0 Å². The van der Waals surface area contributed by atoms with E-state index in [1.165, 1.54) is 29.0 Å².